The van der Waals surface area contributed by atoms with E-state index in [1.54, 1.807) is 5.57 Å². The van der Waals surface area contributed by atoms with Crippen molar-refractivity contribution in [2.45, 2.75) is 58.3 Å². The molecule has 1 aliphatic heterocycles. The predicted molar refractivity (Wildman–Crippen MR) is 99.8 cm³/mol. The average molecular weight is 331 g/mol. The van der Waals surface area contributed by atoms with Crippen molar-refractivity contribution < 1.29 is 4.79 Å². The Bertz CT molecular complexity index is 468. The van der Waals surface area contributed by atoms with Gasteiger partial charge in [0.1, 0.15) is 0 Å². The Morgan fingerprint density at radius 3 is 2.62 bits per heavy atom. The van der Waals surface area contributed by atoms with Gasteiger partial charge in [-0.3, -0.25) is 9.69 Å². The quantitative estimate of drug-likeness (QED) is 0.829. The van der Waals surface area contributed by atoms with Gasteiger partial charge in [0.05, 0.1) is 0 Å². The molecule has 3 heteroatoms. The second-order valence-corrected chi connectivity index (χ2v) is 7.86. The van der Waals surface area contributed by atoms with E-state index in [1.165, 1.54) is 58.2 Å². The third-order valence-electron chi connectivity index (χ3n) is 6.23. The molecular weight excluding hydrogens is 296 g/mol. The molecular formula is C21H34N2O. The van der Waals surface area contributed by atoms with E-state index in [2.05, 4.69) is 28.4 Å². The molecule has 3 rings (SSSR count). The van der Waals surface area contributed by atoms with Crippen molar-refractivity contribution in [2.24, 2.45) is 17.8 Å². The Kier molecular flexibility index (Phi) is 6.53. The van der Waals surface area contributed by atoms with Crippen molar-refractivity contribution in [2.75, 3.05) is 26.2 Å². The summed E-state index contributed by atoms with van der Waals surface area (Å²) >= 11 is 0. The lowest BCUT2D eigenvalue weighted by Crippen LogP contribution is -2.36. The van der Waals surface area contributed by atoms with E-state index in [1.807, 2.05) is 6.92 Å². The Morgan fingerprint density at radius 2 is 1.92 bits per heavy atom. The van der Waals surface area contributed by atoms with Gasteiger partial charge in [-0.1, -0.05) is 30.2 Å². The minimum Gasteiger partial charge on any atom is -0.356 e. The molecule has 134 valence electrons. The van der Waals surface area contributed by atoms with E-state index in [-0.39, 0.29) is 11.8 Å². The van der Waals surface area contributed by atoms with Crippen LogP contribution in [-0.2, 0) is 4.79 Å². The average Bonchev–Trinajstić information content (AvgIpc) is 2.63. The maximum Gasteiger partial charge on any atom is 0.223 e. The van der Waals surface area contributed by atoms with Crippen LogP contribution < -0.4 is 5.32 Å². The minimum absolute atomic E-state index is 0.259. The lowest BCUT2D eigenvalue weighted by atomic mass is 9.71. The molecule has 1 saturated carbocycles. The van der Waals surface area contributed by atoms with Gasteiger partial charge in [-0.25, -0.2) is 0 Å². The van der Waals surface area contributed by atoms with Crippen LogP contribution in [-0.4, -0.2) is 37.0 Å². The summed E-state index contributed by atoms with van der Waals surface area (Å²) in [7, 11) is 0. The Balaban J connectivity index is 1.54. The van der Waals surface area contributed by atoms with Crippen molar-refractivity contribution in [3.8, 4) is 0 Å². The van der Waals surface area contributed by atoms with Crippen LogP contribution in [0.2, 0.25) is 0 Å². The summed E-state index contributed by atoms with van der Waals surface area (Å²) in [5, 5.41) is 3.00. The van der Waals surface area contributed by atoms with Crippen molar-refractivity contribution in [3.05, 3.63) is 23.8 Å². The molecule has 1 unspecified atom stereocenters. The molecule has 0 spiro atoms. The molecule has 1 saturated heterocycles. The molecule has 1 heterocycles. The number of hydrogen-bond acceptors (Lipinski definition) is 2. The maximum absolute atomic E-state index is 12.1. The number of likely N-dealkylation sites (tertiary alicyclic amines) is 1. The van der Waals surface area contributed by atoms with Gasteiger partial charge in [-0.2, -0.15) is 0 Å². The van der Waals surface area contributed by atoms with E-state index < -0.39 is 0 Å². The van der Waals surface area contributed by atoms with E-state index in [0.717, 1.165) is 25.3 Å². The molecule has 24 heavy (non-hydrogen) atoms. The van der Waals surface area contributed by atoms with Crippen LogP contribution in [0.3, 0.4) is 0 Å². The summed E-state index contributed by atoms with van der Waals surface area (Å²) < 4.78 is 0. The summed E-state index contributed by atoms with van der Waals surface area (Å²) in [5.41, 5.74) is 1.65. The van der Waals surface area contributed by atoms with Crippen LogP contribution in [0.5, 0.6) is 0 Å². The standard InChI is InChI=1S/C21H34N2O/c1-2-22-21(24)18-12-10-17(11-13-18)20-9-5-4-8-19(20)16-23-14-6-3-7-15-23/h4-5,8,17-18,20H,2-3,6-7,9-16H2,1H3,(H,22,24). The summed E-state index contributed by atoms with van der Waals surface area (Å²) in [6.07, 6.45) is 16.9. The highest BCUT2D eigenvalue weighted by molar-refractivity contribution is 5.78. The van der Waals surface area contributed by atoms with Gasteiger partial charge in [0.2, 0.25) is 5.91 Å². The van der Waals surface area contributed by atoms with Gasteiger partial charge < -0.3 is 5.32 Å². The molecule has 1 atom stereocenters. The Hall–Kier alpha value is -1.09. The molecule has 0 aromatic rings. The molecule has 3 nitrogen and oxygen atoms in total. The van der Waals surface area contributed by atoms with Crippen LogP contribution in [0.25, 0.3) is 0 Å². The lowest BCUT2D eigenvalue weighted by Gasteiger charge is -2.37. The first-order valence-corrected chi connectivity index (χ1v) is 10.1. The summed E-state index contributed by atoms with van der Waals surface area (Å²) in [6, 6.07) is 0. The molecule has 1 amide bonds. The van der Waals surface area contributed by atoms with Gasteiger partial charge in [-0.05, 0) is 76.8 Å². The van der Waals surface area contributed by atoms with Gasteiger partial charge in [-0.15, -0.1) is 0 Å². The molecule has 2 fully saturated rings. The number of nitrogens with one attached hydrogen (secondary N) is 1. The number of rotatable bonds is 5. The number of nitrogens with zero attached hydrogens (tertiary/aromatic N) is 1. The third kappa shape index (κ3) is 4.50. The fraction of sp³-hybridized carbons (Fsp3) is 0.762. The van der Waals surface area contributed by atoms with E-state index in [9.17, 15) is 4.79 Å². The SMILES string of the molecule is CCNC(=O)C1CCC(C2CC=CC=C2CN2CCCCC2)CC1. The molecule has 0 bridgehead atoms. The number of piperidine rings is 1. The van der Waals surface area contributed by atoms with Crippen molar-refractivity contribution in [1.82, 2.24) is 10.2 Å². The summed E-state index contributed by atoms with van der Waals surface area (Å²) in [6.45, 7) is 6.49. The second kappa shape index (κ2) is 8.84. The van der Waals surface area contributed by atoms with Crippen LogP contribution >= 0.6 is 0 Å². The van der Waals surface area contributed by atoms with Crippen molar-refractivity contribution in [1.29, 1.82) is 0 Å². The normalized spacial score (nSPS) is 31.5. The van der Waals surface area contributed by atoms with Crippen LogP contribution in [0.15, 0.2) is 23.8 Å². The number of carbonyl (C=O) groups excluding carboxylic acids is 1. The van der Waals surface area contributed by atoms with Crippen LogP contribution in [0.1, 0.15) is 58.3 Å². The van der Waals surface area contributed by atoms with Gasteiger partial charge in [0.15, 0.2) is 0 Å². The molecule has 0 aromatic heterocycles. The number of amides is 1. The molecule has 2 aliphatic carbocycles. The first kappa shape index (κ1) is 17.7. The second-order valence-electron chi connectivity index (χ2n) is 7.86. The molecule has 0 radical (unpaired) electrons. The van der Waals surface area contributed by atoms with Gasteiger partial charge in [0.25, 0.3) is 0 Å². The third-order valence-corrected chi connectivity index (χ3v) is 6.23. The van der Waals surface area contributed by atoms with Gasteiger partial charge >= 0.3 is 0 Å². The predicted octanol–water partition coefficient (Wildman–Crippen LogP) is 3.92. The van der Waals surface area contributed by atoms with E-state index >= 15 is 0 Å². The Morgan fingerprint density at radius 1 is 1.17 bits per heavy atom. The first-order chi connectivity index (χ1) is 11.8. The van der Waals surface area contributed by atoms with Crippen molar-refractivity contribution >= 4 is 5.91 Å². The fourth-order valence-electron chi connectivity index (χ4n) is 4.83. The highest BCUT2D eigenvalue weighted by Gasteiger charge is 2.32. The fourth-order valence-corrected chi connectivity index (χ4v) is 4.83. The largest absolute Gasteiger partial charge is 0.356 e. The number of hydrogen-bond donors (Lipinski definition) is 1. The summed E-state index contributed by atoms with van der Waals surface area (Å²) in [4.78, 5) is 14.7. The monoisotopic (exact) mass is 330 g/mol. The van der Waals surface area contributed by atoms with E-state index in [4.69, 9.17) is 0 Å². The lowest BCUT2D eigenvalue weighted by molar-refractivity contribution is -0.126. The van der Waals surface area contributed by atoms with Gasteiger partial charge in [0, 0.05) is 19.0 Å². The van der Waals surface area contributed by atoms with Crippen LogP contribution in [0.4, 0.5) is 0 Å². The van der Waals surface area contributed by atoms with E-state index in [0.29, 0.717) is 5.92 Å². The minimum atomic E-state index is 0.259. The summed E-state index contributed by atoms with van der Waals surface area (Å²) in [5.74, 6) is 2.03. The van der Waals surface area contributed by atoms with Crippen molar-refractivity contribution in [3.63, 3.8) is 0 Å². The first-order valence-electron chi connectivity index (χ1n) is 10.1. The highest BCUT2D eigenvalue weighted by atomic mass is 16.1. The molecule has 3 aliphatic rings. The zero-order chi connectivity index (χ0) is 16.8. The maximum atomic E-state index is 12.1. The molecule has 0 aromatic carbocycles. The molecule has 1 N–H and O–H groups in total. The topological polar surface area (TPSA) is 32.3 Å². The smallest absolute Gasteiger partial charge is 0.223 e. The zero-order valence-corrected chi connectivity index (χ0v) is 15.3. The van der Waals surface area contributed by atoms with Crippen LogP contribution in [0, 0.1) is 17.8 Å². The number of carbonyl (C=O) groups is 1. The number of allylic oxidation sites excluding steroid dienone is 3. The zero-order valence-electron chi connectivity index (χ0n) is 15.3. The Labute approximate surface area is 147 Å². The highest BCUT2D eigenvalue weighted by Crippen LogP contribution is 2.40.